The summed E-state index contributed by atoms with van der Waals surface area (Å²) in [4.78, 5) is 8.36. The van der Waals surface area contributed by atoms with E-state index in [-0.39, 0.29) is 58.2 Å². The molecule has 0 fully saturated rings. The second kappa shape index (κ2) is 5.01. The van der Waals surface area contributed by atoms with Crippen LogP contribution < -0.4 is 0 Å². The van der Waals surface area contributed by atoms with Crippen molar-refractivity contribution in [3.05, 3.63) is 10.1 Å². The molecular formula is HNO3Rb. The Kier molecular flexibility index (Phi) is 9.39. The maximum atomic E-state index is 8.36. The maximum absolute atomic E-state index is 8.36. The van der Waals surface area contributed by atoms with Crippen molar-refractivity contribution in [2.45, 2.75) is 0 Å². The summed E-state index contributed by atoms with van der Waals surface area (Å²) in [5.74, 6) is 0. The van der Waals surface area contributed by atoms with Gasteiger partial charge in [-0.25, -0.2) is 0 Å². The third-order valence-electron chi connectivity index (χ3n) is 0. The average Bonchev–Trinajstić information content (AvgIpc) is 0.811. The smallest absolute Gasteiger partial charge is 0.291 e. The Balaban J connectivity index is 0. The van der Waals surface area contributed by atoms with Crippen molar-refractivity contribution in [3.63, 3.8) is 0 Å². The van der Waals surface area contributed by atoms with E-state index in [1.807, 2.05) is 0 Å². The van der Waals surface area contributed by atoms with Gasteiger partial charge < -0.3 is 5.21 Å². The van der Waals surface area contributed by atoms with Gasteiger partial charge >= 0.3 is 0 Å². The van der Waals surface area contributed by atoms with Gasteiger partial charge in [0, 0.05) is 58.2 Å². The van der Waals surface area contributed by atoms with Gasteiger partial charge in [-0.1, -0.05) is 0 Å². The molecule has 0 aromatic heterocycles. The van der Waals surface area contributed by atoms with Crippen molar-refractivity contribution in [2.24, 2.45) is 0 Å². The average molecular weight is 148 g/mol. The van der Waals surface area contributed by atoms with Gasteiger partial charge in [-0.2, -0.15) is 0 Å². The Hall–Kier alpha value is 1.01. The Bertz CT molecular complexity index is 29.9. The van der Waals surface area contributed by atoms with Crippen LogP contribution in [0.5, 0.6) is 0 Å². The van der Waals surface area contributed by atoms with Crippen LogP contribution in [0, 0.1) is 10.1 Å². The molecule has 1 N–H and O–H groups in total. The van der Waals surface area contributed by atoms with Gasteiger partial charge in [0.25, 0.3) is 5.09 Å². The fourth-order valence-corrected chi connectivity index (χ4v) is 0. The topological polar surface area (TPSA) is 63.4 Å². The molecule has 1 radical (unpaired) electrons. The maximum Gasteiger partial charge on any atom is 0.291 e. The zero-order chi connectivity index (χ0) is 3.58. The van der Waals surface area contributed by atoms with Gasteiger partial charge in [0.2, 0.25) is 0 Å². The molecule has 0 aliphatic carbocycles. The molecule has 25 valence electrons. The molecule has 0 aromatic carbocycles. The van der Waals surface area contributed by atoms with E-state index in [1.54, 1.807) is 0 Å². The molecule has 0 bridgehead atoms. The Morgan fingerprint density at radius 3 is 1.80 bits per heavy atom. The molecule has 0 amide bonds. The summed E-state index contributed by atoms with van der Waals surface area (Å²) in [7, 11) is 0. The molecule has 0 saturated carbocycles. The van der Waals surface area contributed by atoms with Crippen molar-refractivity contribution < 1.29 is 10.3 Å². The van der Waals surface area contributed by atoms with E-state index >= 15 is 0 Å². The molecule has 0 rings (SSSR count). The van der Waals surface area contributed by atoms with Gasteiger partial charge in [0.15, 0.2) is 0 Å². The second-order valence-electron chi connectivity index (χ2n) is 0.238. The number of nitrogens with zero attached hydrogens (tertiary/aromatic N) is 1. The van der Waals surface area contributed by atoms with Crippen molar-refractivity contribution in [2.75, 3.05) is 0 Å². The van der Waals surface area contributed by atoms with Crippen LogP contribution in [0.15, 0.2) is 0 Å². The van der Waals surface area contributed by atoms with Gasteiger partial charge in [-0.05, 0) is 0 Å². The molecule has 5 heteroatoms. The van der Waals surface area contributed by atoms with E-state index in [0.29, 0.717) is 0 Å². The normalized spacial score (nSPS) is 4.80. The van der Waals surface area contributed by atoms with E-state index in [1.165, 1.54) is 0 Å². The van der Waals surface area contributed by atoms with E-state index in [9.17, 15) is 0 Å². The summed E-state index contributed by atoms with van der Waals surface area (Å²) in [6, 6.07) is 0. The van der Waals surface area contributed by atoms with Gasteiger partial charge in [-0.15, -0.1) is 10.1 Å². The van der Waals surface area contributed by atoms with E-state index in [0.717, 1.165) is 0 Å². The monoisotopic (exact) mass is 148 g/mol. The first-order valence-electron chi connectivity index (χ1n) is 0.565. The molecule has 0 unspecified atom stereocenters. The molecule has 0 spiro atoms. The summed E-state index contributed by atoms with van der Waals surface area (Å²) in [5.41, 5.74) is 0. The fourth-order valence-electron chi connectivity index (χ4n) is 0. The minimum absolute atomic E-state index is 0. The second-order valence-corrected chi connectivity index (χ2v) is 0.238. The van der Waals surface area contributed by atoms with Crippen LogP contribution in [0.3, 0.4) is 0 Å². The Morgan fingerprint density at radius 2 is 1.80 bits per heavy atom. The largest absolute Gasteiger partial charge is 0.328 e. The minimum Gasteiger partial charge on any atom is -0.328 e. The number of hydrogen-bond acceptors (Lipinski definition) is 2. The third-order valence-corrected chi connectivity index (χ3v) is 0. The van der Waals surface area contributed by atoms with Gasteiger partial charge in [-0.3, -0.25) is 0 Å². The molecule has 0 aromatic rings. The Morgan fingerprint density at radius 1 is 1.80 bits per heavy atom. The first kappa shape index (κ1) is 9.38. The van der Waals surface area contributed by atoms with Crippen molar-refractivity contribution in [3.8, 4) is 0 Å². The van der Waals surface area contributed by atoms with Gasteiger partial charge in [0.05, 0.1) is 0 Å². The Labute approximate surface area is 77.1 Å². The van der Waals surface area contributed by atoms with Crippen molar-refractivity contribution in [1.82, 2.24) is 0 Å². The van der Waals surface area contributed by atoms with Crippen LogP contribution in [0.4, 0.5) is 0 Å². The van der Waals surface area contributed by atoms with Gasteiger partial charge in [0.1, 0.15) is 0 Å². The zero-order valence-electron chi connectivity index (χ0n) is 2.71. The van der Waals surface area contributed by atoms with Crippen LogP contribution in [-0.4, -0.2) is 68.5 Å². The van der Waals surface area contributed by atoms with Crippen LogP contribution in [0.2, 0.25) is 0 Å². The summed E-state index contributed by atoms with van der Waals surface area (Å²) in [6.45, 7) is 0. The number of rotatable bonds is 0. The first-order chi connectivity index (χ1) is 1.73. The van der Waals surface area contributed by atoms with Crippen molar-refractivity contribution >= 4 is 58.2 Å². The zero-order valence-corrected chi connectivity index (χ0v) is 7.63. The summed E-state index contributed by atoms with van der Waals surface area (Å²) in [5, 5.41) is 13.6. The SMILES string of the molecule is O=[N+]([O-])O.[Rb]. The van der Waals surface area contributed by atoms with E-state index in [2.05, 4.69) is 0 Å². The standard InChI is InChI=1S/HNO3.Rb/c2-1(3)4;/h(H,2,3,4);. The molecular weight excluding hydrogens is 147 g/mol. The number of hydrogen-bond donors (Lipinski definition) is 1. The predicted octanol–water partition coefficient (Wildman–Crippen LogP) is -0.729. The van der Waals surface area contributed by atoms with E-state index < -0.39 is 5.09 Å². The minimum atomic E-state index is -1.50. The summed E-state index contributed by atoms with van der Waals surface area (Å²) < 4.78 is 0. The summed E-state index contributed by atoms with van der Waals surface area (Å²) >= 11 is 0. The van der Waals surface area contributed by atoms with Crippen LogP contribution >= 0.6 is 0 Å². The third kappa shape index (κ3) is 44.7. The van der Waals surface area contributed by atoms with E-state index in [4.69, 9.17) is 15.3 Å². The molecule has 0 aliphatic heterocycles. The molecule has 5 heavy (non-hydrogen) atoms. The summed E-state index contributed by atoms with van der Waals surface area (Å²) in [6.07, 6.45) is 0. The predicted molar refractivity (Wildman–Crippen MR) is 14.5 cm³/mol. The van der Waals surface area contributed by atoms with Crippen LogP contribution in [0.1, 0.15) is 0 Å². The molecule has 4 nitrogen and oxygen atoms in total. The first-order valence-corrected chi connectivity index (χ1v) is 0.565. The van der Waals surface area contributed by atoms with Crippen molar-refractivity contribution in [1.29, 1.82) is 0 Å². The molecule has 0 heterocycles. The quantitative estimate of drug-likeness (QED) is 0.364. The van der Waals surface area contributed by atoms with Crippen LogP contribution in [-0.2, 0) is 0 Å². The molecule has 0 aliphatic rings. The van der Waals surface area contributed by atoms with Crippen LogP contribution in [0.25, 0.3) is 0 Å². The molecule has 0 atom stereocenters. The molecule has 0 saturated heterocycles. The fraction of sp³-hybridized carbons (Fsp3) is 0.